The number of hydrogen-bond acceptors (Lipinski definition) is 3. The zero-order valence-corrected chi connectivity index (χ0v) is 11.3. The van der Waals surface area contributed by atoms with Crippen LogP contribution in [0.5, 0.6) is 0 Å². The van der Waals surface area contributed by atoms with E-state index in [1.165, 1.54) is 19.2 Å². The van der Waals surface area contributed by atoms with Crippen molar-refractivity contribution in [3.63, 3.8) is 0 Å². The highest BCUT2D eigenvalue weighted by Crippen LogP contribution is 2.26. The summed E-state index contributed by atoms with van der Waals surface area (Å²) in [5.41, 5.74) is 5.84. The molecular weight excluding hydrogens is 249 g/mol. The largest absolute Gasteiger partial charge is 0.443 e. The van der Waals surface area contributed by atoms with Gasteiger partial charge in [0.2, 0.25) is 0 Å². The van der Waals surface area contributed by atoms with Gasteiger partial charge in [-0.25, -0.2) is 9.18 Å². The average Bonchev–Trinajstić information content (AvgIpc) is 2.38. The first-order chi connectivity index (χ1) is 9.08. The number of hydrogen-bond donors (Lipinski definition) is 1. The number of carbonyl (C=O) groups excluding carboxylic acids is 1. The average molecular weight is 269 g/mol. The van der Waals surface area contributed by atoms with E-state index >= 15 is 0 Å². The first-order valence-electron chi connectivity index (χ1n) is 6.32. The Balaban J connectivity index is 2.87. The Labute approximate surface area is 112 Å². The maximum absolute atomic E-state index is 12.9. The van der Waals surface area contributed by atoms with Gasteiger partial charge in [-0.1, -0.05) is 25.5 Å². The molecule has 19 heavy (non-hydrogen) atoms. The Bertz CT molecular complexity index is 394. The normalized spacial score (nSPS) is 13.8. The van der Waals surface area contributed by atoms with Crippen LogP contribution in [-0.2, 0) is 9.47 Å². The second kappa shape index (κ2) is 7.74. The zero-order chi connectivity index (χ0) is 14.3. The van der Waals surface area contributed by atoms with E-state index in [0.29, 0.717) is 6.42 Å². The van der Waals surface area contributed by atoms with Gasteiger partial charge in [0, 0.05) is 7.11 Å². The molecule has 1 aromatic rings. The number of halogens is 1. The highest BCUT2D eigenvalue weighted by molar-refractivity contribution is 5.64. The topological polar surface area (TPSA) is 61.5 Å². The number of nitrogens with two attached hydrogens (primary N) is 1. The summed E-state index contributed by atoms with van der Waals surface area (Å²) in [5.74, 6) is -0.320. The smallest absolute Gasteiger partial charge is 0.404 e. The lowest BCUT2D eigenvalue weighted by Gasteiger charge is -2.25. The lowest BCUT2D eigenvalue weighted by atomic mass is 10.00. The zero-order valence-electron chi connectivity index (χ0n) is 11.3. The fourth-order valence-electron chi connectivity index (χ4n) is 1.98. The van der Waals surface area contributed by atoms with E-state index in [9.17, 15) is 9.18 Å². The molecule has 0 fully saturated rings. The molecule has 0 aliphatic rings. The molecule has 0 aliphatic carbocycles. The Hall–Kier alpha value is -1.62. The van der Waals surface area contributed by atoms with Crippen molar-refractivity contribution in [2.24, 2.45) is 5.73 Å². The van der Waals surface area contributed by atoms with Gasteiger partial charge in [-0.05, 0) is 30.5 Å². The molecule has 0 bridgehead atoms. The molecule has 0 saturated carbocycles. The molecule has 1 aromatic carbocycles. The van der Waals surface area contributed by atoms with Crippen molar-refractivity contribution >= 4 is 6.09 Å². The van der Waals surface area contributed by atoms with Gasteiger partial charge in [-0.15, -0.1) is 0 Å². The van der Waals surface area contributed by atoms with Crippen molar-refractivity contribution in [2.45, 2.75) is 38.4 Å². The van der Waals surface area contributed by atoms with Crippen LogP contribution in [0, 0.1) is 5.82 Å². The second-order valence-corrected chi connectivity index (χ2v) is 4.33. The molecule has 0 heterocycles. The molecule has 0 spiro atoms. The van der Waals surface area contributed by atoms with E-state index < -0.39 is 18.3 Å². The predicted octanol–water partition coefficient (Wildman–Crippen LogP) is 3.17. The van der Waals surface area contributed by atoms with Crippen molar-refractivity contribution in [3.05, 3.63) is 35.6 Å². The summed E-state index contributed by atoms with van der Waals surface area (Å²) in [7, 11) is 1.53. The van der Waals surface area contributed by atoms with Crippen LogP contribution < -0.4 is 5.73 Å². The van der Waals surface area contributed by atoms with Gasteiger partial charge in [0.05, 0.1) is 0 Å². The fourth-order valence-corrected chi connectivity index (χ4v) is 1.98. The van der Waals surface area contributed by atoms with E-state index in [2.05, 4.69) is 0 Å². The summed E-state index contributed by atoms with van der Waals surface area (Å²) in [6, 6.07) is 5.94. The monoisotopic (exact) mass is 269 g/mol. The number of amides is 1. The molecular formula is C14H20FNO3. The van der Waals surface area contributed by atoms with E-state index in [-0.39, 0.29) is 5.82 Å². The number of carbonyl (C=O) groups is 1. The lowest BCUT2D eigenvalue weighted by Crippen LogP contribution is -2.29. The first kappa shape index (κ1) is 15.4. The molecule has 2 N–H and O–H groups in total. The molecule has 0 saturated heterocycles. The predicted molar refractivity (Wildman–Crippen MR) is 70.1 cm³/mol. The number of benzene rings is 1. The summed E-state index contributed by atoms with van der Waals surface area (Å²) in [6.45, 7) is 2.04. The molecule has 106 valence electrons. The standard InChI is InChI=1S/C14H20FNO3/c1-3-4-5-12(19-14(16)17)13(18-2)10-6-8-11(15)9-7-10/h6-9,12-13H,3-5H2,1-2H3,(H2,16,17)/t12-,13-/m1/s1. The highest BCUT2D eigenvalue weighted by atomic mass is 19.1. The Kier molecular flexibility index (Phi) is 6.29. The molecule has 0 aromatic heterocycles. The highest BCUT2D eigenvalue weighted by Gasteiger charge is 2.25. The van der Waals surface area contributed by atoms with Crippen LogP contribution in [0.3, 0.4) is 0 Å². The number of ether oxygens (including phenoxy) is 2. The van der Waals surface area contributed by atoms with E-state index in [1.54, 1.807) is 12.1 Å². The van der Waals surface area contributed by atoms with Gasteiger partial charge in [0.15, 0.2) is 0 Å². The van der Waals surface area contributed by atoms with E-state index in [0.717, 1.165) is 18.4 Å². The summed E-state index contributed by atoms with van der Waals surface area (Å²) in [5, 5.41) is 0. The van der Waals surface area contributed by atoms with Crippen LogP contribution in [-0.4, -0.2) is 19.3 Å². The minimum absolute atomic E-state index is 0.320. The minimum Gasteiger partial charge on any atom is -0.443 e. The quantitative estimate of drug-likeness (QED) is 0.827. The SMILES string of the molecule is CCCC[C@@H](OC(N)=O)[C@H](OC)c1ccc(F)cc1. The Morgan fingerprint density at radius 2 is 2.00 bits per heavy atom. The van der Waals surface area contributed by atoms with E-state index in [1.807, 2.05) is 6.92 Å². The number of rotatable bonds is 7. The number of primary amides is 1. The van der Waals surface area contributed by atoms with Gasteiger partial charge in [0.25, 0.3) is 0 Å². The number of methoxy groups -OCH3 is 1. The third-order valence-corrected chi connectivity index (χ3v) is 2.90. The van der Waals surface area contributed by atoms with Crippen molar-refractivity contribution < 1.29 is 18.7 Å². The molecule has 5 heteroatoms. The van der Waals surface area contributed by atoms with Crippen LogP contribution in [0.4, 0.5) is 9.18 Å². The van der Waals surface area contributed by atoms with Crippen LogP contribution in [0.15, 0.2) is 24.3 Å². The summed E-state index contributed by atoms with van der Waals surface area (Å²) in [4.78, 5) is 11.0. The van der Waals surface area contributed by atoms with Gasteiger partial charge >= 0.3 is 6.09 Å². The molecule has 1 amide bonds. The number of unbranched alkanes of at least 4 members (excludes halogenated alkanes) is 1. The Morgan fingerprint density at radius 3 is 2.47 bits per heavy atom. The van der Waals surface area contributed by atoms with E-state index in [4.69, 9.17) is 15.2 Å². The molecule has 0 radical (unpaired) electrons. The first-order valence-corrected chi connectivity index (χ1v) is 6.32. The van der Waals surface area contributed by atoms with Crippen molar-refractivity contribution in [1.29, 1.82) is 0 Å². The summed E-state index contributed by atoms with van der Waals surface area (Å²) >= 11 is 0. The molecule has 2 atom stereocenters. The van der Waals surface area contributed by atoms with Crippen LogP contribution in [0.1, 0.15) is 37.9 Å². The summed E-state index contributed by atoms with van der Waals surface area (Å²) < 4.78 is 23.4. The second-order valence-electron chi connectivity index (χ2n) is 4.33. The van der Waals surface area contributed by atoms with Crippen molar-refractivity contribution in [1.82, 2.24) is 0 Å². The molecule has 1 rings (SSSR count). The molecule has 0 aliphatic heterocycles. The maximum atomic E-state index is 12.9. The maximum Gasteiger partial charge on any atom is 0.404 e. The van der Waals surface area contributed by atoms with Crippen molar-refractivity contribution in [3.8, 4) is 0 Å². The third-order valence-electron chi connectivity index (χ3n) is 2.90. The van der Waals surface area contributed by atoms with Gasteiger partial charge < -0.3 is 15.2 Å². The third kappa shape index (κ3) is 4.87. The lowest BCUT2D eigenvalue weighted by molar-refractivity contribution is -0.0257. The van der Waals surface area contributed by atoms with Crippen molar-refractivity contribution in [2.75, 3.05) is 7.11 Å². The minimum atomic E-state index is -0.828. The van der Waals surface area contributed by atoms with Gasteiger partial charge in [-0.3, -0.25) is 0 Å². The summed E-state index contributed by atoms with van der Waals surface area (Å²) in [6.07, 6.45) is 0.769. The van der Waals surface area contributed by atoms with Gasteiger partial charge in [0.1, 0.15) is 18.0 Å². The van der Waals surface area contributed by atoms with Crippen LogP contribution in [0.25, 0.3) is 0 Å². The van der Waals surface area contributed by atoms with Gasteiger partial charge in [-0.2, -0.15) is 0 Å². The Morgan fingerprint density at radius 1 is 1.37 bits per heavy atom. The van der Waals surface area contributed by atoms with Crippen LogP contribution in [0.2, 0.25) is 0 Å². The van der Waals surface area contributed by atoms with Crippen LogP contribution >= 0.6 is 0 Å². The fraction of sp³-hybridized carbons (Fsp3) is 0.500. The molecule has 0 unspecified atom stereocenters. The molecule has 4 nitrogen and oxygen atoms in total.